The number of amides is 3. The summed E-state index contributed by atoms with van der Waals surface area (Å²) < 4.78 is 4.99. The molecule has 0 saturated carbocycles. The SMILES string of the molecule is CC[C@H](C)[C@H](N[N+]1(CC(Cc2ccccc2)NC(=O)[C@H](CC(N)=O)NC(=O)OC(C)(C)C)CCC[C@H]1C(=O)O)C(=O)O. The van der Waals surface area contributed by atoms with Crippen molar-refractivity contribution in [1.82, 2.24) is 16.1 Å². The molecule has 0 bridgehead atoms. The highest BCUT2D eigenvalue weighted by molar-refractivity contribution is 5.90. The Morgan fingerprint density at radius 2 is 1.74 bits per heavy atom. The van der Waals surface area contributed by atoms with Gasteiger partial charge in [-0.05, 0) is 38.7 Å². The summed E-state index contributed by atoms with van der Waals surface area (Å²) in [6.45, 7) is 8.97. The third-order valence-electron chi connectivity index (χ3n) is 7.42. The average molecular weight is 593 g/mol. The van der Waals surface area contributed by atoms with Crippen molar-refractivity contribution in [3.63, 3.8) is 0 Å². The zero-order valence-electron chi connectivity index (χ0n) is 25.1. The minimum atomic E-state index is -1.35. The number of nitrogens with zero attached hydrogens (tertiary/aromatic N) is 1. The number of nitrogens with two attached hydrogens (primary N) is 1. The Kier molecular flexibility index (Phi) is 12.3. The maximum Gasteiger partial charge on any atom is 0.408 e. The van der Waals surface area contributed by atoms with E-state index in [0.29, 0.717) is 25.8 Å². The van der Waals surface area contributed by atoms with Crippen LogP contribution in [-0.2, 0) is 30.3 Å². The standard InChI is InChI=1S/C29H45N5O8/c1-6-18(2)24(27(39)40)33-34(14-10-13-22(34)26(37)38)17-20(15-19-11-8-7-9-12-19)31-25(36)21(16-23(30)35)32-28(41)42-29(3,4)5/h7-9,11-12,18,20-22,24,33H,6,10,13-17H2,1-5H3,(H5-,30,31,32,35,36,37,38,39,40,41)/p+1/t18-,20?,21-,22-,24-,34?/m0/s1. The molecule has 1 aliphatic rings. The molecular weight excluding hydrogens is 546 g/mol. The molecule has 13 heteroatoms. The molecule has 0 aromatic heterocycles. The van der Waals surface area contributed by atoms with Gasteiger partial charge in [-0.3, -0.25) is 14.4 Å². The number of carboxylic acids is 2. The van der Waals surface area contributed by atoms with Crippen molar-refractivity contribution >= 4 is 29.8 Å². The summed E-state index contributed by atoms with van der Waals surface area (Å²) in [6, 6.07) is 5.17. The average Bonchev–Trinajstić information content (AvgIpc) is 3.29. The zero-order chi connectivity index (χ0) is 31.7. The number of carbonyl (C=O) groups excluding carboxylic acids is 3. The molecule has 7 N–H and O–H groups in total. The molecule has 2 unspecified atom stereocenters. The maximum absolute atomic E-state index is 13.5. The topological polar surface area (TPSA) is 197 Å². The molecule has 3 amide bonds. The van der Waals surface area contributed by atoms with Gasteiger partial charge in [-0.1, -0.05) is 50.6 Å². The van der Waals surface area contributed by atoms with Gasteiger partial charge in [0.2, 0.25) is 17.9 Å². The molecule has 0 spiro atoms. The summed E-state index contributed by atoms with van der Waals surface area (Å²) in [7, 11) is 0. The fraction of sp³-hybridized carbons (Fsp3) is 0.621. The number of carbonyl (C=O) groups is 5. The Bertz CT molecular complexity index is 1110. The highest BCUT2D eigenvalue weighted by Gasteiger charge is 2.51. The summed E-state index contributed by atoms with van der Waals surface area (Å²) in [4.78, 5) is 62.5. The lowest BCUT2D eigenvalue weighted by atomic mass is 9.99. The molecule has 1 heterocycles. The summed E-state index contributed by atoms with van der Waals surface area (Å²) in [5, 5.41) is 25.5. The number of quaternary nitrogens is 1. The molecule has 6 atom stereocenters. The second-order valence-corrected chi connectivity index (χ2v) is 12.0. The van der Waals surface area contributed by atoms with Gasteiger partial charge in [0, 0.05) is 12.8 Å². The van der Waals surface area contributed by atoms with Gasteiger partial charge in [0.05, 0.1) is 19.0 Å². The number of nitrogens with one attached hydrogen (secondary N) is 3. The van der Waals surface area contributed by atoms with Crippen LogP contribution in [0.2, 0.25) is 0 Å². The monoisotopic (exact) mass is 592 g/mol. The van der Waals surface area contributed by atoms with Gasteiger partial charge in [-0.25, -0.2) is 14.2 Å². The molecule has 1 aromatic rings. The first-order valence-corrected chi connectivity index (χ1v) is 14.3. The van der Waals surface area contributed by atoms with Gasteiger partial charge < -0.3 is 31.3 Å². The van der Waals surface area contributed by atoms with E-state index >= 15 is 0 Å². The van der Waals surface area contributed by atoms with E-state index in [4.69, 9.17) is 10.5 Å². The molecule has 0 radical (unpaired) electrons. The highest BCUT2D eigenvalue weighted by Crippen LogP contribution is 2.28. The van der Waals surface area contributed by atoms with E-state index in [0.717, 1.165) is 5.56 Å². The lowest BCUT2D eigenvalue weighted by molar-refractivity contribution is -0.976. The second-order valence-electron chi connectivity index (χ2n) is 12.0. The van der Waals surface area contributed by atoms with Crippen LogP contribution in [-0.4, -0.2) is 87.5 Å². The van der Waals surface area contributed by atoms with Crippen LogP contribution in [0.15, 0.2) is 30.3 Å². The van der Waals surface area contributed by atoms with Crippen molar-refractivity contribution in [3.05, 3.63) is 35.9 Å². The van der Waals surface area contributed by atoms with Gasteiger partial charge in [0.1, 0.15) is 18.2 Å². The molecule has 2 rings (SSSR count). The van der Waals surface area contributed by atoms with Gasteiger partial charge in [0.25, 0.3) is 0 Å². The minimum Gasteiger partial charge on any atom is -0.480 e. The Balaban J connectivity index is 2.46. The van der Waals surface area contributed by atoms with E-state index in [1.54, 1.807) is 27.7 Å². The van der Waals surface area contributed by atoms with Crippen molar-refractivity contribution in [2.24, 2.45) is 11.7 Å². The summed E-state index contributed by atoms with van der Waals surface area (Å²) >= 11 is 0. The number of rotatable bonds is 15. The van der Waals surface area contributed by atoms with Crippen LogP contribution in [0.4, 0.5) is 4.79 Å². The lowest BCUT2D eigenvalue weighted by Gasteiger charge is -2.42. The summed E-state index contributed by atoms with van der Waals surface area (Å²) in [6.07, 6.45) is 0.291. The van der Waals surface area contributed by atoms with Crippen LogP contribution in [0.5, 0.6) is 0 Å². The fourth-order valence-electron chi connectivity index (χ4n) is 5.28. The van der Waals surface area contributed by atoms with Crippen LogP contribution < -0.4 is 21.8 Å². The second kappa shape index (κ2) is 15.0. The summed E-state index contributed by atoms with van der Waals surface area (Å²) in [5.41, 5.74) is 8.52. The van der Waals surface area contributed by atoms with Gasteiger partial charge in [-0.2, -0.15) is 5.43 Å². The maximum atomic E-state index is 13.5. The first-order valence-electron chi connectivity index (χ1n) is 14.3. The number of hydrogen-bond donors (Lipinski definition) is 6. The molecular formula is C29H46N5O8+. The van der Waals surface area contributed by atoms with E-state index in [2.05, 4.69) is 16.1 Å². The molecule has 234 valence electrons. The van der Waals surface area contributed by atoms with Crippen LogP contribution in [0.3, 0.4) is 0 Å². The van der Waals surface area contributed by atoms with E-state index in [1.807, 2.05) is 37.3 Å². The summed E-state index contributed by atoms with van der Waals surface area (Å²) in [5.74, 6) is -3.99. The Labute approximate surface area is 246 Å². The lowest BCUT2D eigenvalue weighted by Crippen LogP contribution is -2.71. The quantitative estimate of drug-likeness (QED) is 0.164. The van der Waals surface area contributed by atoms with Crippen molar-refractivity contribution in [3.8, 4) is 0 Å². The third-order valence-corrected chi connectivity index (χ3v) is 7.42. The van der Waals surface area contributed by atoms with E-state index in [-0.39, 0.29) is 23.5 Å². The first kappa shape index (κ1) is 34.5. The van der Waals surface area contributed by atoms with Gasteiger partial charge in [-0.15, -0.1) is 0 Å². The first-order chi connectivity index (χ1) is 19.6. The predicted molar refractivity (Wildman–Crippen MR) is 154 cm³/mol. The van der Waals surface area contributed by atoms with Crippen molar-refractivity contribution in [1.29, 1.82) is 0 Å². The van der Waals surface area contributed by atoms with Crippen LogP contribution in [0.25, 0.3) is 0 Å². The normalized spacial score (nSPS) is 21.4. The fourth-order valence-corrected chi connectivity index (χ4v) is 5.28. The van der Waals surface area contributed by atoms with Gasteiger partial charge in [0.15, 0.2) is 6.04 Å². The number of carboxylic acid groups (broad SMARTS) is 2. The van der Waals surface area contributed by atoms with Crippen LogP contribution >= 0.6 is 0 Å². The van der Waals surface area contributed by atoms with Crippen LogP contribution in [0, 0.1) is 5.92 Å². The Morgan fingerprint density at radius 1 is 1.10 bits per heavy atom. The van der Waals surface area contributed by atoms with Gasteiger partial charge >= 0.3 is 18.0 Å². The number of hydrogen-bond acceptors (Lipinski definition) is 7. The minimum absolute atomic E-state index is 0.0353. The number of likely N-dealkylation sites (tertiary alicyclic amines) is 1. The van der Waals surface area contributed by atoms with E-state index in [1.165, 1.54) is 0 Å². The number of aliphatic carboxylic acids is 2. The molecule has 1 aromatic carbocycles. The molecule has 1 fully saturated rings. The molecule has 42 heavy (non-hydrogen) atoms. The number of primary amides is 1. The number of alkyl carbamates (subject to hydrolysis) is 1. The molecule has 1 saturated heterocycles. The number of benzene rings is 1. The predicted octanol–water partition coefficient (Wildman–Crippen LogP) is 1.55. The largest absolute Gasteiger partial charge is 0.480 e. The van der Waals surface area contributed by atoms with Crippen LogP contribution in [0.1, 0.15) is 65.9 Å². The molecule has 0 aliphatic carbocycles. The molecule has 13 nitrogen and oxygen atoms in total. The van der Waals surface area contributed by atoms with Crippen molar-refractivity contribution in [2.45, 2.75) is 96.5 Å². The number of ether oxygens (including phenoxy) is 1. The van der Waals surface area contributed by atoms with E-state index < -0.39 is 66.0 Å². The highest BCUT2D eigenvalue weighted by atomic mass is 16.6. The van der Waals surface area contributed by atoms with Crippen molar-refractivity contribution < 1.29 is 43.5 Å². The van der Waals surface area contributed by atoms with E-state index in [9.17, 15) is 34.2 Å². The van der Waals surface area contributed by atoms with Crippen molar-refractivity contribution in [2.75, 3.05) is 13.1 Å². The zero-order valence-corrected chi connectivity index (χ0v) is 25.1. The Hall–Kier alpha value is -3.71. The third kappa shape index (κ3) is 10.3. The smallest absolute Gasteiger partial charge is 0.408 e. The molecule has 1 aliphatic heterocycles. The Morgan fingerprint density at radius 3 is 2.26 bits per heavy atom.